The molecule has 1 saturated heterocycles. The Morgan fingerprint density at radius 1 is 1.03 bits per heavy atom. The van der Waals surface area contributed by atoms with Crippen molar-refractivity contribution in [2.24, 2.45) is 0 Å². The highest BCUT2D eigenvalue weighted by atomic mass is 32.1. The summed E-state index contributed by atoms with van der Waals surface area (Å²) in [7, 11) is 0. The van der Waals surface area contributed by atoms with Crippen molar-refractivity contribution in [3.63, 3.8) is 0 Å². The van der Waals surface area contributed by atoms with Gasteiger partial charge in [-0.2, -0.15) is 0 Å². The van der Waals surface area contributed by atoms with E-state index in [4.69, 9.17) is 12.2 Å². The van der Waals surface area contributed by atoms with E-state index in [-0.39, 0.29) is 17.8 Å². The molecule has 1 aromatic carbocycles. The standard InChI is InChI=1S/C26H25N5OS/c1-17-14-20(18(2)30(17)16-19-8-7-12-27-15-19)25-24(21-9-5-6-13-28-21)29-26(33)31(25)22-10-3-4-11-23(22)32/h3-15,24-25,32H,16H2,1-2H3,(H,29,33)/t24-,25-/m0/s1. The van der Waals surface area contributed by atoms with Crippen LogP contribution >= 0.6 is 12.2 Å². The molecule has 2 N–H and O–H groups in total. The van der Waals surface area contributed by atoms with Gasteiger partial charge in [-0.25, -0.2) is 0 Å². The van der Waals surface area contributed by atoms with Gasteiger partial charge in [0.25, 0.3) is 0 Å². The molecule has 166 valence electrons. The maximum atomic E-state index is 10.7. The summed E-state index contributed by atoms with van der Waals surface area (Å²) in [4.78, 5) is 10.9. The van der Waals surface area contributed by atoms with E-state index in [2.05, 4.69) is 45.8 Å². The first kappa shape index (κ1) is 21.2. The highest BCUT2D eigenvalue weighted by Crippen LogP contribution is 2.45. The first-order valence-electron chi connectivity index (χ1n) is 10.9. The molecule has 0 saturated carbocycles. The number of benzene rings is 1. The molecule has 0 spiro atoms. The van der Waals surface area contributed by atoms with Gasteiger partial charge in [-0.1, -0.05) is 24.3 Å². The second-order valence-corrected chi connectivity index (χ2v) is 8.65. The molecule has 4 heterocycles. The van der Waals surface area contributed by atoms with Crippen molar-refractivity contribution in [3.8, 4) is 5.75 Å². The third kappa shape index (κ3) is 3.85. The van der Waals surface area contributed by atoms with Crippen molar-refractivity contribution in [2.75, 3.05) is 4.90 Å². The van der Waals surface area contributed by atoms with Gasteiger partial charge in [-0.15, -0.1) is 0 Å². The van der Waals surface area contributed by atoms with Gasteiger partial charge < -0.3 is 19.9 Å². The van der Waals surface area contributed by atoms with Crippen LogP contribution in [0, 0.1) is 13.8 Å². The first-order chi connectivity index (χ1) is 16.0. The number of aromatic nitrogens is 3. The van der Waals surface area contributed by atoms with Crippen molar-refractivity contribution in [2.45, 2.75) is 32.5 Å². The number of thiocarbonyl (C=S) groups is 1. The lowest BCUT2D eigenvalue weighted by molar-refractivity contribution is 0.472. The number of aryl methyl sites for hydroxylation is 1. The number of anilines is 1. The number of nitrogens with one attached hydrogen (secondary N) is 1. The highest BCUT2D eigenvalue weighted by Gasteiger charge is 2.42. The predicted molar refractivity (Wildman–Crippen MR) is 133 cm³/mol. The monoisotopic (exact) mass is 455 g/mol. The van der Waals surface area contributed by atoms with Crippen molar-refractivity contribution in [3.05, 3.63) is 107 Å². The lowest BCUT2D eigenvalue weighted by Crippen LogP contribution is -2.29. The van der Waals surface area contributed by atoms with Crippen LogP contribution in [-0.2, 0) is 6.54 Å². The number of hydrogen-bond acceptors (Lipinski definition) is 4. The molecule has 4 aromatic rings. The number of nitrogens with zero attached hydrogens (tertiary/aromatic N) is 4. The van der Waals surface area contributed by atoms with E-state index in [0.717, 1.165) is 34.8 Å². The Hall–Kier alpha value is -3.71. The van der Waals surface area contributed by atoms with Gasteiger partial charge in [0.1, 0.15) is 5.75 Å². The molecule has 6 nitrogen and oxygen atoms in total. The van der Waals surface area contributed by atoms with Crippen LogP contribution in [0.15, 0.2) is 79.3 Å². The van der Waals surface area contributed by atoms with Gasteiger partial charge >= 0.3 is 0 Å². The fourth-order valence-electron chi connectivity index (χ4n) is 4.64. The molecule has 0 unspecified atom stereocenters. The van der Waals surface area contributed by atoms with Gasteiger partial charge in [0.2, 0.25) is 0 Å². The van der Waals surface area contributed by atoms with Gasteiger partial charge in [0.05, 0.1) is 23.5 Å². The maximum Gasteiger partial charge on any atom is 0.174 e. The van der Waals surface area contributed by atoms with Crippen LogP contribution < -0.4 is 10.2 Å². The summed E-state index contributed by atoms with van der Waals surface area (Å²) in [6, 6.07) is 19.1. The molecular weight excluding hydrogens is 430 g/mol. The van der Waals surface area contributed by atoms with Crippen molar-refractivity contribution in [1.82, 2.24) is 19.9 Å². The Bertz CT molecular complexity index is 1290. The minimum atomic E-state index is -0.172. The third-order valence-corrected chi connectivity index (χ3v) is 6.55. The number of phenols is 1. The van der Waals surface area contributed by atoms with Gasteiger partial charge in [0.15, 0.2) is 5.11 Å². The second-order valence-electron chi connectivity index (χ2n) is 8.26. The first-order valence-corrected chi connectivity index (χ1v) is 11.3. The second kappa shape index (κ2) is 8.67. The molecule has 5 rings (SSSR count). The van der Waals surface area contributed by atoms with E-state index in [9.17, 15) is 5.11 Å². The number of hydrogen-bond donors (Lipinski definition) is 2. The minimum absolute atomic E-state index is 0.161. The fraction of sp³-hybridized carbons (Fsp3) is 0.192. The molecule has 0 bridgehead atoms. The molecule has 0 amide bonds. The lowest BCUT2D eigenvalue weighted by atomic mass is 9.96. The summed E-state index contributed by atoms with van der Waals surface area (Å²) in [5, 5.41) is 14.7. The molecular formula is C26H25N5OS. The molecule has 2 atom stereocenters. The van der Waals surface area contributed by atoms with Crippen LogP contribution in [0.5, 0.6) is 5.75 Å². The molecule has 1 fully saturated rings. The quantitative estimate of drug-likeness (QED) is 0.421. The molecule has 3 aromatic heterocycles. The Balaban J connectivity index is 1.64. The van der Waals surface area contributed by atoms with E-state index in [0.29, 0.717) is 10.8 Å². The number of para-hydroxylation sites is 2. The van der Waals surface area contributed by atoms with E-state index in [1.165, 1.54) is 0 Å². The summed E-state index contributed by atoms with van der Waals surface area (Å²) >= 11 is 5.78. The van der Waals surface area contributed by atoms with Crippen molar-refractivity contribution < 1.29 is 5.11 Å². The normalized spacial score (nSPS) is 17.9. The molecule has 1 aliphatic heterocycles. The zero-order chi connectivity index (χ0) is 22.9. The Kier molecular flexibility index (Phi) is 5.56. The summed E-state index contributed by atoms with van der Waals surface area (Å²) in [5.41, 5.74) is 6.16. The topological polar surface area (TPSA) is 66.2 Å². The van der Waals surface area contributed by atoms with Crippen LogP contribution in [-0.4, -0.2) is 24.8 Å². The maximum absolute atomic E-state index is 10.7. The smallest absolute Gasteiger partial charge is 0.174 e. The molecule has 33 heavy (non-hydrogen) atoms. The average molecular weight is 456 g/mol. The summed E-state index contributed by atoms with van der Waals surface area (Å²) in [6.45, 7) is 4.99. The van der Waals surface area contributed by atoms with Crippen molar-refractivity contribution >= 4 is 23.0 Å². The number of pyridine rings is 2. The summed E-state index contributed by atoms with van der Waals surface area (Å²) in [6.07, 6.45) is 5.48. The Morgan fingerprint density at radius 3 is 2.58 bits per heavy atom. The predicted octanol–water partition coefficient (Wildman–Crippen LogP) is 4.83. The summed E-state index contributed by atoms with van der Waals surface area (Å²) in [5.74, 6) is 0.192. The lowest BCUT2D eigenvalue weighted by Gasteiger charge is -2.28. The van der Waals surface area contributed by atoms with E-state index in [1.807, 2.05) is 53.6 Å². The highest BCUT2D eigenvalue weighted by molar-refractivity contribution is 7.80. The fourth-order valence-corrected chi connectivity index (χ4v) is 4.98. The largest absolute Gasteiger partial charge is 0.506 e. The van der Waals surface area contributed by atoms with E-state index >= 15 is 0 Å². The zero-order valence-electron chi connectivity index (χ0n) is 18.5. The molecule has 0 aliphatic carbocycles. The van der Waals surface area contributed by atoms with Crippen LogP contribution in [0.1, 0.15) is 40.3 Å². The van der Waals surface area contributed by atoms with Crippen LogP contribution in [0.3, 0.4) is 0 Å². The number of aromatic hydroxyl groups is 1. The number of phenolic OH excluding ortho intramolecular Hbond substituents is 1. The number of rotatable bonds is 5. The Morgan fingerprint density at radius 2 is 1.85 bits per heavy atom. The van der Waals surface area contributed by atoms with Crippen LogP contribution in [0.4, 0.5) is 5.69 Å². The molecule has 0 radical (unpaired) electrons. The van der Waals surface area contributed by atoms with Gasteiger partial charge in [-0.3, -0.25) is 9.97 Å². The van der Waals surface area contributed by atoms with E-state index < -0.39 is 0 Å². The third-order valence-electron chi connectivity index (χ3n) is 6.23. The van der Waals surface area contributed by atoms with Gasteiger partial charge in [-0.05, 0) is 73.6 Å². The summed E-state index contributed by atoms with van der Waals surface area (Å²) < 4.78 is 2.30. The van der Waals surface area contributed by atoms with Gasteiger partial charge in [0, 0.05) is 36.5 Å². The SMILES string of the molecule is Cc1cc([C@H]2[C@H](c3ccccn3)NC(=S)N2c2ccccc2O)c(C)n1Cc1cccnc1. The molecule has 1 aliphatic rings. The van der Waals surface area contributed by atoms with E-state index in [1.54, 1.807) is 18.5 Å². The molecule has 7 heteroatoms. The van der Waals surface area contributed by atoms with Crippen molar-refractivity contribution in [1.29, 1.82) is 0 Å². The van der Waals surface area contributed by atoms with Crippen LogP contribution in [0.2, 0.25) is 0 Å². The Labute approximate surface area is 198 Å². The van der Waals surface area contributed by atoms with Crippen LogP contribution in [0.25, 0.3) is 0 Å². The zero-order valence-corrected chi connectivity index (χ0v) is 19.3. The minimum Gasteiger partial charge on any atom is -0.506 e. The average Bonchev–Trinajstić information content (AvgIpc) is 3.31.